The number of fused-ring (bicyclic) bond motifs is 1. The number of nitrogens with one attached hydrogen (secondary N) is 1. The van der Waals surface area contributed by atoms with Gasteiger partial charge in [0, 0.05) is 5.56 Å². The zero-order valence-electron chi connectivity index (χ0n) is 6.74. The fourth-order valence-corrected chi connectivity index (χ4v) is 1.19. The van der Waals surface area contributed by atoms with Crippen molar-refractivity contribution in [3.05, 3.63) is 17.8 Å². The lowest BCUT2D eigenvalue weighted by Crippen LogP contribution is -2.25. The number of anilines is 1. The third-order valence-electron chi connectivity index (χ3n) is 1.78. The minimum Gasteiger partial charge on any atom is -0.506 e. The Bertz CT molecular complexity index is 301. The van der Waals surface area contributed by atoms with E-state index in [1.165, 1.54) is 6.20 Å². The van der Waals surface area contributed by atoms with E-state index >= 15 is 0 Å². The molecule has 0 fully saturated rings. The minimum atomic E-state index is -0.00505. The van der Waals surface area contributed by atoms with Gasteiger partial charge >= 0.3 is 0 Å². The maximum absolute atomic E-state index is 9.11. The van der Waals surface area contributed by atoms with E-state index in [0.717, 1.165) is 11.4 Å². The fraction of sp³-hybridized carbons (Fsp3) is 0.375. The van der Waals surface area contributed by atoms with Crippen molar-refractivity contribution >= 4 is 5.82 Å². The van der Waals surface area contributed by atoms with Gasteiger partial charge in [-0.05, 0) is 13.0 Å². The van der Waals surface area contributed by atoms with Crippen LogP contribution in [0.3, 0.4) is 0 Å². The number of hydrogen-bond donors (Lipinski definition) is 2. The Hall–Kier alpha value is -1.29. The van der Waals surface area contributed by atoms with Gasteiger partial charge in [0.05, 0.1) is 12.8 Å². The maximum atomic E-state index is 9.11. The highest BCUT2D eigenvalue weighted by Gasteiger charge is 2.15. The van der Waals surface area contributed by atoms with E-state index in [0.29, 0.717) is 6.61 Å². The van der Waals surface area contributed by atoms with Crippen molar-refractivity contribution in [1.29, 1.82) is 0 Å². The molecular formula is C8H10N2O2. The van der Waals surface area contributed by atoms with Crippen molar-refractivity contribution in [2.45, 2.75) is 19.8 Å². The second-order valence-electron chi connectivity index (χ2n) is 2.80. The van der Waals surface area contributed by atoms with E-state index in [9.17, 15) is 0 Å². The van der Waals surface area contributed by atoms with Gasteiger partial charge in [-0.1, -0.05) is 0 Å². The average Bonchev–Trinajstić information content (AvgIpc) is 2.05. The summed E-state index contributed by atoms with van der Waals surface area (Å²) in [6.45, 7) is 2.42. The molecule has 0 saturated heterocycles. The summed E-state index contributed by atoms with van der Waals surface area (Å²) in [5.74, 6) is 0.972. The molecule has 12 heavy (non-hydrogen) atoms. The zero-order chi connectivity index (χ0) is 8.55. The number of rotatable bonds is 0. The molecule has 4 heteroatoms. The lowest BCUT2D eigenvalue weighted by atomic mass is 10.2. The van der Waals surface area contributed by atoms with Crippen LogP contribution in [-0.4, -0.2) is 16.3 Å². The van der Waals surface area contributed by atoms with E-state index in [4.69, 9.17) is 9.84 Å². The predicted octanol–water partition coefficient (Wildman–Crippen LogP) is 1.08. The van der Waals surface area contributed by atoms with E-state index in [-0.39, 0.29) is 12.0 Å². The summed E-state index contributed by atoms with van der Waals surface area (Å²) in [5, 5.41) is 12.2. The van der Waals surface area contributed by atoms with Gasteiger partial charge < -0.3 is 15.2 Å². The first-order valence-corrected chi connectivity index (χ1v) is 3.82. The molecule has 64 valence electrons. The van der Waals surface area contributed by atoms with Crippen molar-refractivity contribution < 1.29 is 9.84 Å². The molecule has 0 radical (unpaired) electrons. The molecule has 0 amide bonds. The molecule has 1 aliphatic heterocycles. The molecule has 1 aliphatic rings. The Balaban J connectivity index is 2.37. The van der Waals surface area contributed by atoms with E-state index < -0.39 is 0 Å². The summed E-state index contributed by atoms with van der Waals surface area (Å²) in [7, 11) is 0. The van der Waals surface area contributed by atoms with Crippen LogP contribution < -0.4 is 5.32 Å². The standard InChI is InChI=1S/C8H10N2O2/c1-5-10-8-6(4-12-5)2-7(11)3-9-8/h2-3,5,11H,4H2,1H3,(H,9,10). The SMILES string of the molecule is CC1Nc2ncc(O)cc2CO1. The van der Waals surface area contributed by atoms with Crippen LogP contribution in [0.2, 0.25) is 0 Å². The van der Waals surface area contributed by atoms with Crippen molar-refractivity contribution in [1.82, 2.24) is 4.98 Å². The summed E-state index contributed by atoms with van der Waals surface area (Å²) in [5.41, 5.74) is 0.896. The fourth-order valence-electron chi connectivity index (χ4n) is 1.19. The number of ether oxygens (including phenoxy) is 1. The van der Waals surface area contributed by atoms with Crippen molar-refractivity contribution in [2.75, 3.05) is 5.32 Å². The van der Waals surface area contributed by atoms with Crippen LogP contribution in [0.4, 0.5) is 5.82 Å². The summed E-state index contributed by atoms with van der Waals surface area (Å²) in [6.07, 6.45) is 1.42. The molecule has 1 aromatic heterocycles. The van der Waals surface area contributed by atoms with Gasteiger partial charge in [0.2, 0.25) is 0 Å². The van der Waals surface area contributed by atoms with Gasteiger partial charge in [-0.2, -0.15) is 0 Å². The molecule has 1 atom stereocenters. The lowest BCUT2D eigenvalue weighted by Gasteiger charge is -2.23. The van der Waals surface area contributed by atoms with Crippen LogP contribution in [-0.2, 0) is 11.3 Å². The molecule has 0 spiro atoms. The molecule has 0 saturated carbocycles. The molecule has 1 unspecified atom stereocenters. The maximum Gasteiger partial charge on any atom is 0.134 e. The highest BCUT2D eigenvalue weighted by Crippen LogP contribution is 2.23. The topological polar surface area (TPSA) is 54.4 Å². The smallest absolute Gasteiger partial charge is 0.134 e. The minimum absolute atomic E-state index is 0.00505. The van der Waals surface area contributed by atoms with Crippen LogP contribution in [0.15, 0.2) is 12.3 Å². The van der Waals surface area contributed by atoms with E-state index in [2.05, 4.69) is 10.3 Å². The molecule has 0 bridgehead atoms. The van der Waals surface area contributed by atoms with Gasteiger partial charge in [0.15, 0.2) is 0 Å². The zero-order valence-corrected chi connectivity index (χ0v) is 6.74. The Morgan fingerprint density at radius 1 is 1.75 bits per heavy atom. The summed E-state index contributed by atoms with van der Waals surface area (Å²) >= 11 is 0. The van der Waals surface area contributed by atoms with Gasteiger partial charge in [-0.3, -0.25) is 0 Å². The summed E-state index contributed by atoms with van der Waals surface area (Å²) in [6, 6.07) is 1.65. The molecule has 0 aliphatic carbocycles. The molecule has 4 nitrogen and oxygen atoms in total. The number of aromatic nitrogens is 1. The molecule has 2 heterocycles. The average molecular weight is 166 g/mol. The van der Waals surface area contributed by atoms with Gasteiger partial charge in [0.25, 0.3) is 0 Å². The lowest BCUT2D eigenvalue weighted by molar-refractivity contribution is 0.0627. The predicted molar refractivity (Wildman–Crippen MR) is 43.8 cm³/mol. The highest BCUT2D eigenvalue weighted by molar-refractivity contribution is 5.47. The number of hydrogen-bond acceptors (Lipinski definition) is 4. The number of pyridine rings is 1. The van der Waals surface area contributed by atoms with Crippen LogP contribution >= 0.6 is 0 Å². The first-order chi connectivity index (χ1) is 5.75. The van der Waals surface area contributed by atoms with Crippen molar-refractivity contribution in [3.8, 4) is 5.75 Å². The Morgan fingerprint density at radius 2 is 2.58 bits per heavy atom. The molecule has 1 aromatic rings. The largest absolute Gasteiger partial charge is 0.506 e. The monoisotopic (exact) mass is 166 g/mol. The summed E-state index contributed by atoms with van der Waals surface area (Å²) in [4.78, 5) is 4.03. The third-order valence-corrected chi connectivity index (χ3v) is 1.78. The first-order valence-electron chi connectivity index (χ1n) is 3.82. The van der Waals surface area contributed by atoms with E-state index in [1.54, 1.807) is 6.07 Å². The van der Waals surface area contributed by atoms with Gasteiger partial charge in [0.1, 0.15) is 17.8 Å². The van der Waals surface area contributed by atoms with Crippen molar-refractivity contribution in [2.24, 2.45) is 0 Å². The normalized spacial score (nSPS) is 21.2. The van der Waals surface area contributed by atoms with Crippen LogP contribution in [0, 0.1) is 0 Å². The molecule has 2 N–H and O–H groups in total. The summed E-state index contributed by atoms with van der Waals surface area (Å²) < 4.78 is 5.30. The Morgan fingerprint density at radius 3 is 3.42 bits per heavy atom. The third kappa shape index (κ3) is 1.21. The van der Waals surface area contributed by atoms with Gasteiger partial charge in [-0.25, -0.2) is 4.98 Å². The Labute approximate surface area is 70.2 Å². The highest BCUT2D eigenvalue weighted by atomic mass is 16.5. The number of aromatic hydroxyl groups is 1. The Kier molecular flexibility index (Phi) is 1.62. The van der Waals surface area contributed by atoms with E-state index in [1.807, 2.05) is 6.92 Å². The van der Waals surface area contributed by atoms with Crippen LogP contribution in [0.5, 0.6) is 5.75 Å². The van der Waals surface area contributed by atoms with Crippen molar-refractivity contribution in [3.63, 3.8) is 0 Å². The molecule has 0 aromatic carbocycles. The second kappa shape index (κ2) is 2.64. The first kappa shape index (κ1) is 7.36. The second-order valence-corrected chi connectivity index (χ2v) is 2.80. The quantitative estimate of drug-likeness (QED) is 0.605. The van der Waals surface area contributed by atoms with Crippen LogP contribution in [0.1, 0.15) is 12.5 Å². The van der Waals surface area contributed by atoms with Gasteiger partial charge in [-0.15, -0.1) is 0 Å². The molecule has 2 rings (SSSR count). The molecular weight excluding hydrogens is 156 g/mol. The van der Waals surface area contributed by atoms with Crippen LogP contribution in [0.25, 0.3) is 0 Å². The number of nitrogens with zero attached hydrogens (tertiary/aromatic N) is 1.